The van der Waals surface area contributed by atoms with Crippen molar-refractivity contribution in [3.8, 4) is 0 Å². The topological polar surface area (TPSA) is 47.6 Å². The Balaban J connectivity index is 2.50. The van der Waals surface area contributed by atoms with Crippen LogP contribution >= 0.6 is 0 Å². The van der Waals surface area contributed by atoms with Crippen LogP contribution in [0.4, 0.5) is 0 Å². The summed E-state index contributed by atoms with van der Waals surface area (Å²) in [6.45, 7) is 6.58. The highest BCUT2D eigenvalue weighted by Crippen LogP contribution is 2.24. The van der Waals surface area contributed by atoms with E-state index >= 15 is 0 Å². The van der Waals surface area contributed by atoms with Crippen molar-refractivity contribution >= 4 is 5.97 Å². The van der Waals surface area contributed by atoms with Gasteiger partial charge in [0.05, 0.1) is 13.7 Å². The molecule has 13 heavy (non-hydrogen) atoms. The molecule has 76 valence electrons. The number of hydrogen-bond donors (Lipinski definition) is 1. The second-order valence-corrected chi connectivity index (χ2v) is 4.32. The molecule has 0 saturated carbocycles. The number of methoxy groups -OCH3 is 1. The standard InChI is InChI=1S/C9H17NO3/c1-9(2,3)8-10-6(5-13-8)7(11)12-4/h6,8,10H,5H2,1-4H3/t6-,8?/m1/s1. The summed E-state index contributed by atoms with van der Waals surface area (Å²) in [6.07, 6.45) is -0.0726. The highest BCUT2D eigenvalue weighted by Gasteiger charge is 2.36. The Labute approximate surface area is 78.6 Å². The van der Waals surface area contributed by atoms with Crippen LogP contribution in [0.5, 0.6) is 0 Å². The molecule has 1 aliphatic rings. The monoisotopic (exact) mass is 187 g/mol. The van der Waals surface area contributed by atoms with Crippen molar-refractivity contribution in [2.24, 2.45) is 5.41 Å². The van der Waals surface area contributed by atoms with Gasteiger partial charge >= 0.3 is 5.97 Å². The van der Waals surface area contributed by atoms with Gasteiger partial charge in [-0.2, -0.15) is 0 Å². The van der Waals surface area contributed by atoms with Gasteiger partial charge in [-0.15, -0.1) is 0 Å². The first-order chi connectivity index (χ1) is 5.95. The van der Waals surface area contributed by atoms with Crippen LogP contribution in [0.2, 0.25) is 0 Å². The molecule has 0 spiro atoms. The average Bonchev–Trinajstić information content (AvgIpc) is 2.50. The normalized spacial score (nSPS) is 28.9. The van der Waals surface area contributed by atoms with Crippen LogP contribution in [0.3, 0.4) is 0 Å². The van der Waals surface area contributed by atoms with Gasteiger partial charge in [0.25, 0.3) is 0 Å². The molecule has 1 aliphatic heterocycles. The summed E-state index contributed by atoms with van der Waals surface area (Å²) in [5.74, 6) is -0.258. The molecule has 1 fully saturated rings. The lowest BCUT2D eigenvalue weighted by Gasteiger charge is -2.26. The fraction of sp³-hybridized carbons (Fsp3) is 0.889. The van der Waals surface area contributed by atoms with Gasteiger partial charge in [0, 0.05) is 5.41 Å². The van der Waals surface area contributed by atoms with Crippen LogP contribution in [0.15, 0.2) is 0 Å². The quantitative estimate of drug-likeness (QED) is 0.608. The fourth-order valence-electron chi connectivity index (χ4n) is 1.25. The maximum atomic E-state index is 11.1. The maximum absolute atomic E-state index is 11.1. The number of carbonyl (C=O) groups is 1. The Hall–Kier alpha value is -0.610. The second-order valence-electron chi connectivity index (χ2n) is 4.32. The Morgan fingerprint density at radius 2 is 2.15 bits per heavy atom. The molecule has 1 N–H and O–H groups in total. The fourth-order valence-corrected chi connectivity index (χ4v) is 1.25. The molecule has 0 amide bonds. The molecular weight excluding hydrogens is 170 g/mol. The lowest BCUT2D eigenvalue weighted by atomic mass is 9.94. The Kier molecular flexibility index (Phi) is 2.93. The van der Waals surface area contributed by atoms with Gasteiger partial charge < -0.3 is 9.47 Å². The highest BCUT2D eigenvalue weighted by atomic mass is 16.5. The molecule has 0 bridgehead atoms. The minimum atomic E-state index is -0.311. The first kappa shape index (κ1) is 10.5. The minimum Gasteiger partial charge on any atom is -0.468 e. The van der Waals surface area contributed by atoms with Gasteiger partial charge in [-0.3, -0.25) is 10.1 Å². The summed E-state index contributed by atoms with van der Waals surface area (Å²) >= 11 is 0. The molecule has 0 aromatic heterocycles. The van der Waals surface area contributed by atoms with Gasteiger partial charge in [0.1, 0.15) is 12.3 Å². The van der Waals surface area contributed by atoms with Crippen LogP contribution in [0.1, 0.15) is 20.8 Å². The van der Waals surface area contributed by atoms with E-state index in [0.717, 1.165) is 0 Å². The molecule has 1 saturated heterocycles. The lowest BCUT2D eigenvalue weighted by molar-refractivity contribution is -0.142. The highest BCUT2D eigenvalue weighted by molar-refractivity contribution is 5.76. The average molecular weight is 187 g/mol. The van der Waals surface area contributed by atoms with Gasteiger partial charge in [-0.25, -0.2) is 0 Å². The van der Waals surface area contributed by atoms with E-state index < -0.39 is 0 Å². The van der Waals surface area contributed by atoms with Crippen LogP contribution in [0, 0.1) is 5.41 Å². The third-order valence-electron chi connectivity index (χ3n) is 2.05. The van der Waals surface area contributed by atoms with E-state index in [-0.39, 0.29) is 23.7 Å². The molecule has 4 nitrogen and oxygen atoms in total. The summed E-state index contributed by atoms with van der Waals surface area (Å²) in [5, 5.41) is 3.08. The Morgan fingerprint density at radius 3 is 2.54 bits per heavy atom. The van der Waals surface area contributed by atoms with Crippen molar-refractivity contribution < 1.29 is 14.3 Å². The van der Waals surface area contributed by atoms with Crippen molar-refractivity contribution in [2.45, 2.75) is 33.0 Å². The van der Waals surface area contributed by atoms with E-state index in [0.29, 0.717) is 6.61 Å². The van der Waals surface area contributed by atoms with E-state index in [2.05, 4.69) is 30.8 Å². The zero-order valence-electron chi connectivity index (χ0n) is 8.59. The van der Waals surface area contributed by atoms with Crippen molar-refractivity contribution in [3.05, 3.63) is 0 Å². The molecule has 0 aromatic rings. The van der Waals surface area contributed by atoms with Gasteiger partial charge in [0.2, 0.25) is 0 Å². The van der Waals surface area contributed by atoms with Crippen molar-refractivity contribution in [1.29, 1.82) is 0 Å². The molecule has 0 aliphatic carbocycles. The Bertz CT molecular complexity index is 198. The van der Waals surface area contributed by atoms with Gasteiger partial charge in [-0.05, 0) is 0 Å². The third kappa shape index (κ3) is 2.42. The third-order valence-corrected chi connectivity index (χ3v) is 2.05. The SMILES string of the molecule is COC(=O)[C@H]1COC(C(C)(C)C)N1. The molecule has 0 aromatic carbocycles. The van der Waals surface area contributed by atoms with Crippen molar-refractivity contribution in [3.63, 3.8) is 0 Å². The first-order valence-corrected chi connectivity index (χ1v) is 4.40. The number of esters is 1. The number of hydrogen-bond acceptors (Lipinski definition) is 4. The van der Waals surface area contributed by atoms with Crippen molar-refractivity contribution in [2.75, 3.05) is 13.7 Å². The van der Waals surface area contributed by atoms with Crippen molar-refractivity contribution in [1.82, 2.24) is 5.32 Å². The lowest BCUT2D eigenvalue weighted by Crippen LogP contribution is -2.43. The molecule has 2 atom stereocenters. The molecule has 0 radical (unpaired) electrons. The second kappa shape index (κ2) is 3.64. The summed E-state index contributed by atoms with van der Waals surface area (Å²) < 4.78 is 10.1. The summed E-state index contributed by atoms with van der Waals surface area (Å²) in [4.78, 5) is 11.1. The summed E-state index contributed by atoms with van der Waals surface area (Å²) in [6, 6.07) is -0.311. The van der Waals surface area contributed by atoms with Crippen LogP contribution in [-0.2, 0) is 14.3 Å². The van der Waals surface area contributed by atoms with E-state index in [1.54, 1.807) is 0 Å². The minimum absolute atomic E-state index is 0.00275. The van der Waals surface area contributed by atoms with Gasteiger partial charge in [-0.1, -0.05) is 20.8 Å². The molecule has 4 heteroatoms. The predicted octanol–water partition coefficient (Wildman–Crippen LogP) is 0.520. The van der Waals surface area contributed by atoms with E-state index in [1.165, 1.54) is 7.11 Å². The van der Waals surface area contributed by atoms with Gasteiger partial charge in [0.15, 0.2) is 0 Å². The predicted molar refractivity (Wildman–Crippen MR) is 48.1 cm³/mol. The van der Waals surface area contributed by atoms with E-state index in [1.807, 2.05) is 0 Å². The smallest absolute Gasteiger partial charge is 0.325 e. The molecule has 1 rings (SSSR count). The molecule has 1 unspecified atom stereocenters. The van der Waals surface area contributed by atoms with E-state index in [9.17, 15) is 4.79 Å². The maximum Gasteiger partial charge on any atom is 0.325 e. The number of nitrogens with one attached hydrogen (secondary N) is 1. The summed E-state index contributed by atoms with van der Waals surface area (Å²) in [5.41, 5.74) is 0.00275. The number of ether oxygens (including phenoxy) is 2. The first-order valence-electron chi connectivity index (χ1n) is 4.40. The van der Waals surface area contributed by atoms with E-state index in [4.69, 9.17) is 4.74 Å². The van der Waals surface area contributed by atoms with Crippen LogP contribution in [-0.4, -0.2) is 32.0 Å². The van der Waals surface area contributed by atoms with Crippen LogP contribution in [0.25, 0.3) is 0 Å². The number of rotatable bonds is 1. The zero-order valence-corrected chi connectivity index (χ0v) is 8.59. The zero-order chi connectivity index (χ0) is 10.1. The molecule has 1 heterocycles. The summed E-state index contributed by atoms with van der Waals surface area (Å²) in [7, 11) is 1.38. The number of carbonyl (C=O) groups excluding carboxylic acids is 1. The Morgan fingerprint density at radius 1 is 1.54 bits per heavy atom. The van der Waals surface area contributed by atoms with Crippen LogP contribution < -0.4 is 5.32 Å². The molecular formula is C9H17NO3. The largest absolute Gasteiger partial charge is 0.468 e.